The summed E-state index contributed by atoms with van der Waals surface area (Å²) < 4.78 is 66.3. The fourth-order valence-corrected chi connectivity index (χ4v) is 2.15. The Morgan fingerprint density at radius 3 is 1.78 bits per heavy atom. The molecule has 0 amide bonds. The number of rotatable bonds is 2. The Labute approximate surface area is 127 Å². The zero-order valence-electron chi connectivity index (χ0n) is 9.36. The van der Waals surface area contributed by atoms with Gasteiger partial charge in [-0.25, -0.2) is 9.13 Å². The molecule has 1 rings (SSSR count). The van der Waals surface area contributed by atoms with Crippen molar-refractivity contribution < 1.29 is 29.7 Å². The van der Waals surface area contributed by atoms with E-state index in [0.29, 0.717) is 0 Å². The summed E-state index contributed by atoms with van der Waals surface area (Å²) in [6, 6.07) is 0. The second-order valence-electron chi connectivity index (χ2n) is 3.46. The molecule has 1 aromatic heterocycles. The molecule has 18 heavy (non-hydrogen) atoms. The van der Waals surface area contributed by atoms with Crippen LogP contribution in [0.3, 0.4) is 0 Å². The van der Waals surface area contributed by atoms with Crippen LogP contribution in [0.25, 0.3) is 0 Å². The maximum absolute atomic E-state index is 10.7. The molecule has 110 valence electrons. The summed E-state index contributed by atoms with van der Waals surface area (Å²) >= 11 is 4.75. The van der Waals surface area contributed by atoms with Gasteiger partial charge in [-0.15, -0.1) is 0 Å². The van der Waals surface area contributed by atoms with Gasteiger partial charge in [-0.3, -0.25) is 0 Å². The first-order chi connectivity index (χ1) is 7.61. The molecule has 1 heterocycles. The number of halogens is 8. The minimum absolute atomic E-state index is 1.12. The number of imidazole rings is 1. The van der Waals surface area contributed by atoms with Crippen molar-refractivity contribution in [1.29, 1.82) is 0 Å². The Balaban J connectivity index is 0.000000360. The first-order valence-electron chi connectivity index (χ1n) is 4.58. The number of hydrogen-bond acceptors (Lipinski definition) is 0. The van der Waals surface area contributed by atoms with Gasteiger partial charge in [0.2, 0.25) is 13.7 Å². The zero-order valence-corrected chi connectivity index (χ0v) is 14.6. The Bertz CT molecular complexity index is 414. The zero-order chi connectivity index (χ0) is 14.8. The Kier molecular flexibility index (Phi) is 5.42. The molecule has 0 spiro atoms. The Morgan fingerprint density at radius 1 is 1.17 bits per heavy atom. The van der Waals surface area contributed by atoms with E-state index < -0.39 is 7.81 Å². The van der Waals surface area contributed by atoms with Gasteiger partial charge in [0.05, 0.1) is 13.6 Å². The molecule has 0 aromatic carbocycles. The molecule has 0 fully saturated rings. The van der Waals surface area contributed by atoms with Crippen molar-refractivity contribution in [2.75, 3.05) is 0 Å². The van der Waals surface area contributed by atoms with Crippen LogP contribution >= 0.6 is 53.0 Å². The molecule has 0 aliphatic heterocycles. The van der Waals surface area contributed by atoms with E-state index in [1.54, 1.807) is 0 Å². The molecule has 0 N–H and O–H groups in total. The van der Waals surface area contributed by atoms with Gasteiger partial charge in [0, 0.05) is 45.2 Å². The third-order valence-corrected chi connectivity index (χ3v) is 4.94. The fraction of sp³-hybridized carbons (Fsp3) is 0.571. The van der Waals surface area contributed by atoms with E-state index in [4.69, 9.17) is 0 Å². The van der Waals surface area contributed by atoms with Gasteiger partial charge in [0.25, 0.3) is 0 Å². The van der Waals surface area contributed by atoms with Crippen LogP contribution in [0, 0.1) is 7.40 Å². The van der Waals surface area contributed by atoms with Gasteiger partial charge in [-0.05, 0) is 6.42 Å². The van der Waals surface area contributed by atoms with Crippen LogP contribution in [-0.4, -0.2) is 4.57 Å². The van der Waals surface area contributed by atoms with Gasteiger partial charge in [-0.1, -0.05) is 6.92 Å². The molecule has 0 unspecified atom stereocenters. The molecule has 0 saturated heterocycles. The van der Waals surface area contributed by atoms with Crippen molar-refractivity contribution in [3.8, 4) is 0 Å². The first kappa shape index (κ1) is 18.7. The van der Waals surface area contributed by atoms with E-state index >= 15 is 0 Å². The number of nitrogens with zero attached hydrogens (tertiary/aromatic N) is 2. The summed E-state index contributed by atoms with van der Waals surface area (Å²) in [6.07, 6.45) is 3.34. The molecule has 0 atom stereocenters. The SMILES string of the molecule is CCCn1c[n+](C)c(I)c1I.F[P-](F)(F)(F)(F)F. The van der Waals surface area contributed by atoms with E-state index in [9.17, 15) is 25.2 Å². The monoisotopic (exact) mass is 522 g/mol. The second kappa shape index (κ2) is 5.23. The van der Waals surface area contributed by atoms with Crippen molar-refractivity contribution >= 4 is 53.0 Å². The molecule has 0 saturated carbocycles. The summed E-state index contributed by atoms with van der Waals surface area (Å²) in [6.45, 7) is 3.32. The topological polar surface area (TPSA) is 8.81 Å². The van der Waals surface area contributed by atoms with Crippen molar-refractivity contribution in [2.24, 2.45) is 7.05 Å². The Hall–Kier alpha value is 0.680. The van der Waals surface area contributed by atoms with Crippen molar-refractivity contribution in [2.45, 2.75) is 19.9 Å². The normalized spacial score (nSPS) is 15.4. The van der Waals surface area contributed by atoms with E-state index in [1.165, 1.54) is 13.8 Å². The fourth-order valence-electron chi connectivity index (χ4n) is 0.971. The van der Waals surface area contributed by atoms with Gasteiger partial charge < -0.3 is 0 Å². The van der Waals surface area contributed by atoms with Crippen molar-refractivity contribution in [1.82, 2.24) is 4.57 Å². The van der Waals surface area contributed by atoms with Gasteiger partial charge in [0.1, 0.15) is 0 Å². The van der Waals surface area contributed by atoms with E-state index in [1.807, 2.05) is 0 Å². The van der Waals surface area contributed by atoms with Crippen molar-refractivity contribution in [3.05, 3.63) is 13.7 Å². The van der Waals surface area contributed by atoms with Gasteiger partial charge in [0.15, 0.2) is 0 Å². The Morgan fingerprint density at radius 2 is 1.56 bits per heavy atom. The minimum atomic E-state index is -10.7. The van der Waals surface area contributed by atoms with Gasteiger partial charge in [-0.2, -0.15) is 0 Å². The maximum atomic E-state index is 9.87. The van der Waals surface area contributed by atoms with Crippen LogP contribution in [0.15, 0.2) is 6.33 Å². The molecular weight excluding hydrogens is 511 g/mol. The molecule has 0 aliphatic rings. The number of aryl methyl sites for hydroxylation is 2. The third-order valence-electron chi connectivity index (χ3n) is 1.51. The van der Waals surface area contributed by atoms with Crippen LogP contribution < -0.4 is 4.57 Å². The summed E-state index contributed by atoms with van der Waals surface area (Å²) in [5.41, 5.74) is 0. The van der Waals surface area contributed by atoms with Crippen molar-refractivity contribution in [3.63, 3.8) is 0 Å². The molecule has 1 aromatic rings. The predicted molar refractivity (Wildman–Crippen MR) is 74.9 cm³/mol. The van der Waals surface area contributed by atoms with E-state index in [-0.39, 0.29) is 0 Å². The van der Waals surface area contributed by atoms with E-state index in [2.05, 4.69) is 74.6 Å². The van der Waals surface area contributed by atoms with Gasteiger partial charge >= 0.3 is 33.0 Å². The standard InChI is InChI=1S/C7H11I2N2.F6P/c1-3-4-11-5-10(2)6(8)7(11)9;1-7(2,3,4,5)6/h5H,3-4H2,1-2H3;/q+1;-1. The quantitative estimate of drug-likeness (QED) is 0.216. The second-order valence-corrected chi connectivity index (χ2v) is 7.42. The van der Waals surface area contributed by atoms with Crippen LogP contribution in [-0.2, 0) is 13.6 Å². The summed E-state index contributed by atoms with van der Waals surface area (Å²) in [7, 11) is -8.58. The summed E-state index contributed by atoms with van der Waals surface area (Å²) in [5, 5.41) is 0. The average molecular weight is 522 g/mol. The number of aromatic nitrogens is 2. The summed E-state index contributed by atoms with van der Waals surface area (Å²) in [4.78, 5) is 0. The van der Waals surface area contributed by atoms with Crippen LogP contribution in [0.1, 0.15) is 13.3 Å². The third kappa shape index (κ3) is 10.6. The molecular formula is C7H11F6I2N2P. The first-order valence-corrected chi connectivity index (χ1v) is 8.76. The summed E-state index contributed by atoms with van der Waals surface area (Å²) in [5.74, 6) is 0. The molecule has 2 nitrogen and oxygen atoms in total. The predicted octanol–water partition coefficient (Wildman–Crippen LogP) is 5.31. The van der Waals surface area contributed by atoms with Crippen LogP contribution in [0.2, 0.25) is 0 Å². The van der Waals surface area contributed by atoms with Crippen LogP contribution in [0.4, 0.5) is 25.2 Å². The van der Waals surface area contributed by atoms with E-state index in [0.717, 1.165) is 6.54 Å². The number of hydrogen-bond donors (Lipinski definition) is 0. The molecule has 11 heteroatoms. The average Bonchev–Trinajstić information content (AvgIpc) is 2.29. The van der Waals surface area contributed by atoms with Crippen LogP contribution in [0.5, 0.6) is 0 Å². The molecule has 0 bridgehead atoms. The molecule has 0 radical (unpaired) electrons. The molecule has 0 aliphatic carbocycles.